The van der Waals surface area contributed by atoms with Gasteiger partial charge in [0.2, 0.25) is 0 Å². The number of carbonyl (C=O) groups is 2. The smallest absolute Gasteiger partial charge is 0.295 e. The fourth-order valence-electron chi connectivity index (χ4n) is 4.49. The van der Waals surface area contributed by atoms with Crippen LogP contribution in [0.1, 0.15) is 55.0 Å². The Morgan fingerprint density at radius 2 is 1.78 bits per heavy atom. The van der Waals surface area contributed by atoms with E-state index in [1.165, 1.54) is 0 Å². The lowest BCUT2D eigenvalue weighted by Crippen LogP contribution is -2.38. The quantitative estimate of drug-likeness (QED) is 0.383. The molecule has 3 heterocycles. The number of likely N-dealkylation sites (tertiary alicyclic amines) is 1. The van der Waals surface area contributed by atoms with Crippen molar-refractivity contribution in [3.63, 3.8) is 0 Å². The first kappa shape index (κ1) is 23.7. The van der Waals surface area contributed by atoms with Gasteiger partial charge in [-0.15, -0.1) is 0 Å². The molecule has 174 valence electrons. The number of aromatic nitrogens is 4. The summed E-state index contributed by atoms with van der Waals surface area (Å²) in [5.41, 5.74) is 3.59. The summed E-state index contributed by atoms with van der Waals surface area (Å²) in [6.07, 6.45) is 1.68. The lowest BCUT2D eigenvalue weighted by atomic mass is 9.95. The van der Waals surface area contributed by atoms with Crippen molar-refractivity contribution in [1.82, 2.24) is 29.4 Å². The third kappa shape index (κ3) is 3.85. The summed E-state index contributed by atoms with van der Waals surface area (Å²) in [6.45, 7) is 15.0. The van der Waals surface area contributed by atoms with Gasteiger partial charge in [-0.3, -0.25) is 19.0 Å². The molecule has 9 heteroatoms. The third-order valence-corrected chi connectivity index (χ3v) is 6.58. The van der Waals surface area contributed by atoms with Gasteiger partial charge < -0.3 is 14.9 Å². The molecule has 0 aromatic carbocycles. The normalized spacial score (nSPS) is 18.4. The van der Waals surface area contributed by atoms with Crippen LogP contribution in [0.4, 0.5) is 0 Å². The monoisotopic (exact) mass is 442 g/mol. The number of nitrogens with zero attached hydrogens (tertiary/aromatic N) is 6. The number of ketones is 1. The van der Waals surface area contributed by atoms with E-state index in [0.717, 1.165) is 30.0 Å². The van der Waals surface area contributed by atoms with Crippen LogP contribution >= 0.6 is 0 Å². The molecule has 0 aliphatic carbocycles. The Kier molecular flexibility index (Phi) is 6.88. The van der Waals surface area contributed by atoms with Crippen LogP contribution in [0.15, 0.2) is 11.8 Å². The van der Waals surface area contributed by atoms with Crippen molar-refractivity contribution in [2.75, 3.05) is 26.2 Å². The third-order valence-electron chi connectivity index (χ3n) is 6.58. The summed E-state index contributed by atoms with van der Waals surface area (Å²) in [5.74, 6) is -1.43. The molecule has 1 N–H and O–H groups in total. The Morgan fingerprint density at radius 3 is 2.28 bits per heavy atom. The van der Waals surface area contributed by atoms with Crippen LogP contribution in [-0.2, 0) is 23.2 Å². The van der Waals surface area contributed by atoms with Gasteiger partial charge >= 0.3 is 0 Å². The highest BCUT2D eigenvalue weighted by Gasteiger charge is 2.47. The Bertz CT molecular complexity index is 1060. The van der Waals surface area contributed by atoms with Crippen molar-refractivity contribution < 1.29 is 14.7 Å². The molecule has 3 rings (SSSR count). The fourth-order valence-corrected chi connectivity index (χ4v) is 4.49. The molecule has 2 aromatic heterocycles. The number of carbonyl (C=O) groups excluding carboxylic acids is 2. The molecule has 1 unspecified atom stereocenters. The average Bonchev–Trinajstić information content (AvgIpc) is 3.34. The largest absolute Gasteiger partial charge is 0.507 e. The molecule has 0 radical (unpaired) electrons. The molecular weight excluding hydrogens is 408 g/mol. The predicted octanol–water partition coefficient (Wildman–Crippen LogP) is 2.33. The molecule has 0 spiro atoms. The Labute approximate surface area is 189 Å². The van der Waals surface area contributed by atoms with E-state index in [1.807, 2.05) is 27.8 Å². The van der Waals surface area contributed by atoms with Crippen LogP contribution < -0.4 is 0 Å². The van der Waals surface area contributed by atoms with E-state index >= 15 is 0 Å². The van der Waals surface area contributed by atoms with Crippen molar-refractivity contribution in [2.45, 2.75) is 54.1 Å². The first-order chi connectivity index (χ1) is 15.2. The molecule has 0 bridgehead atoms. The molecule has 1 fully saturated rings. The number of rotatable bonds is 8. The highest BCUT2D eigenvalue weighted by atomic mass is 16.3. The summed E-state index contributed by atoms with van der Waals surface area (Å²) in [5, 5.41) is 20.2. The maximum atomic E-state index is 13.2. The van der Waals surface area contributed by atoms with Gasteiger partial charge in [-0.05, 0) is 40.8 Å². The van der Waals surface area contributed by atoms with E-state index in [1.54, 1.807) is 27.4 Å². The molecule has 1 aliphatic rings. The van der Waals surface area contributed by atoms with Crippen molar-refractivity contribution >= 4 is 17.4 Å². The van der Waals surface area contributed by atoms with Gasteiger partial charge in [0.1, 0.15) is 5.76 Å². The molecule has 1 saturated heterocycles. The number of aliphatic hydroxyl groups excluding tert-OH is 1. The second-order valence-electron chi connectivity index (χ2n) is 8.19. The zero-order valence-corrected chi connectivity index (χ0v) is 20.1. The van der Waals surface area contributed by atoms with Crippen LogP contribution in [0.25, 0.3) is 5.76 Å². The first-order valence-corrected chi connectivity index (χ1v) is 11.2. The first-order valence-electron chi connectivity index (χ1n) is 11.2. The van der Waals surface area contributed by atoms with E-state index in [2.05, 4.69) is 28.9 Å². The summed E-state index contributed by atoms with van der Waals surface area (Å²) in [6, 6.07) is -0.692. The van der Waals surface area contributed by atoms with Crippen molar-refractivity contribution in [1.29, 1.82) is 0 Å². The Balaban J connectivity index is 2.18. The number of likely N-dealkylation sites (N-methyl/N-ethyl adjacent to an activating group) is 1. The fraction of sp³-hybridized carbons (Fsp3) is 0.565. The predicted molar refractivity (Wildman–Crippen MR) is 122 cm³/mol. The van der Waals surface area contributed by atoms with E-state index in [4.69, 9.17) is 0 Å². The number of hydrogen-bond acceptors (Lipinski definition) is 6. The van der Waals surface area contributed by atoms with E-state index in [-0.39, 0.29) is 11.3 Å². The van der Waals surface area contributed by atoms with Gasteiger partial charge in [-0.2, -0.15) is 10.2 Å². The van der Waals surface area contributed by atoms with E-state index in [0.29, 0.717) is 30.9 Å². The van der Waals surface area contributed by atoms with Crippen LogP contribution in [0, 0.1) is 20.8 Å². The average molecular weight is 443 g/mol. The van der Waals surface area contributed by atoms with Crippen LogP contribution in [-0.4, -0.2) is 72.3 Å². The summed E-state index contributed by atoms with van der Waals surface area (Å²) >= 11 is 0. The van der Waals surface area contributed by atoms with Crippen molar-refractivity contribution in [3.05, 3.63) is 40.0 Å². The number of hydrogen-bond donors (Lipinski definition) is 1. The summed E-state index contributed by atoms with van der Waals surface area (Å²) in [4.78, 5) is 30.2. The van der Waals surface area contributed by atoms with Gasteiger partial charge in [0, 0.05) is 43.6 Å². The van der Waals surface area contributed by atoms with Gasteiger partial charge in [-0.25, -0.2) is 0 Å². The lowest BCUT2D eigenvalue weighted by Gasteiger charge is -2.27. The van der Waals surface area contributed by atoms with Crippen LogP contribution in [0.5, 0.6) is 0 Å². The van der Waals surface area contributed by atoms with Crippen molar-refractivity contribution in [3.8, 4) is 0 Å². The second kappa shape index (κ2) is 9.28. The number of Topliss-reactive ketones (excluding diaryl/α,β-unsaturated/α-hetero) is 1. The molecule has 9 nitrogen and oxygen atoms in total. The minimum absolute atomic E-state index is 0.104. The maximum absolute atomic E-state index is 13.2. The SMILES string of the molecule is CCN(CC)CCN1C(=O)C(=O)C(=C(O)c2c(C)nn(CC)c2C)C1c1cnn(C)c1C. The molecule has 0 saturated carbocycles. The van der Waals surface area contributed by atoms with Gasteiger partial charge in [0.05, 0.1) is 29.1 Å². The van der Waals surface area contributed by atoms with Crippen molar-refractivity contribution in [2.24, 2.45) is 7.05 Å². The van der Waals surface area contributed by atoms with Crippen LogP contribution in [0.3, 0.4) is 0 Å². The summed E-state index contributed by atoms with van der Waals surface area (Å²) < 4.78 is 3.50. The highest BCUT2D eigenvalue weighted by Crippen LogP contribution is 2.41. The van der Waals surface area contributed by atoms with Gasteiger partial charge in [-0.1, -0.05) is 13.8 Å². The van der Waals surface area contributed by atoms with Crippen LogP contribution in [0.2, 0.25) is 0 Å². The highest BCUT2D eigenvalue weighted by molar-refractivity contribution is 6.46. The number of aryl methyl sites for hydroxylation is 3. The van der Waals surface area contributed by atoms with E-state index in [9.17, 15) is 14.7 Å². The molecule has 1 atom stereocenters. The van der Waals surface area contributed by atoms with E-state index < -0.39 is 17.7 Å². The molecule has 1 amide bonds. The minimum Gasteiger partial charge on any atom is -0.507 e. The minimum atomic E-state index is -0.692. The lowest BCUT2D eigenvalue weighted by molar-refractivity contribution is -0.140. The summed E-state index contributed by atoms with van der Waals surface area (Å²) in [7, 11) is 1.82. The topological polar surface area (TPSA) is 96.5 Å². The standard InChI is InChI=1S/C23H34N6O3/c1-8-27(9-2)11-12-28-20(17-13-24-26(7)15(17)5)19(22(31)23(28)32)21(30)18-14(4)25-29(10-3)16(18)6/h13,20,30H,8-12H2,1-7H3. The molecule has 32 heavy (non-hydrogen) atoms. The zero-order chi connectivity index (χ0) is 23.7. The molecule has 1 aliphatic heterocycles. The zero-order valence-electron chi connectivity index (χ0n) is 20.1. The number of amides is 1. The number of aliphatic hydroxyl groups is 1. The molecular formula is C23H34N6O3. The molecule has 2 aromatic rings. The Morgan fingerprint density at radius 1 is 1.12 bits per heavy atom. The van der Waals surface area contributed by atoms with Gasteiger partial charge in [0.15, 0.2) is 0 Å². The maximum Gasteiger partial charge on any atom is 0.295 e. The second-order valence-corrected chi connectivity index (χ2v) is 8.19. The van der Waals surface area contributed by atoms with Gasteiger partial charge in [0.25, 0.3) is 11.7 Å². The Hall–Kier alpha value is -2.94.